The van der Waals surface area contributed by atoms with Gasteiger partial charge in [0.1, 0.15) is 12.3 Å². The second-order valence-electron chi connectivity index (χ2n) is 8.18. The number of nitrogens with one attached hydrogen (secondary N) is 1. The van der Waals surface area contributed by atoms with E-state index in [-0.39, 0.29) is 24.4 Å². The molecule has 6 heteroatoms. The van der Waals surface area contributed by atoms with Crippen LogP contribution in [0.5, 0.6) is 5.75 Å². The molecule has 4 rings (SSSR count). The normalized spacial score (nSPS) is 22.2. The molecule has 1 N–H and O–H groups in total. The van der Waals surface area contributed by atoms with E-state index in [1.165, 1.54) is 18.2 Å². The lowest BCUT2D eigenvalue weighted by molar-refractivity contribution is -0.123. The molecule has 2 aliphatic rings. The third-order valence-electron chi connectivity index (χ3n) is 6.01. The van der Waals surface area contributed by atoms with Gasteiger partial charge >= 0.3 is 0 Å². The number of ether oxygens (including phenoxy) is 1. The largest absolute Gasteiger partial charge is 0.497 e. The summed E-state index contributed by atoms with van der Waals surface area (Å²) in [5.41, 5.74) is 1.70. The summed E-state index contributed by atoms with van der Waals surface area (Å²) in [4.78, 5) is 29.4. The summed E-state index contributed by atoms with van der Waals surface area (Å²) in [6.45, 7) is 2.22. The van der Waals surface area contributed by atoms with Gasteiger partial charge in [0, 0.05) is 10.9 Å². The van der Waals surface area contributed by atoms with Gasteiger partial charge in [-0.15, -0.1) is 0 Å². The number of carbonyl (C=O) groups excluding carboxylic acids is 2. The lowest BCUT2D eigenvalue weighted by Crippen LogP contribution is -2.48. The highest BCUT2D eigenvalue weighted by Crippen LogP contribution is 2.42. The van der Waals surface area contributed by atoms with Crippen LogP contribution in [-0.2, 0) is 9.59 Å². The molecule has 31 heavy (non-hydrogen) atoms. The first-order valence-corrected chi connectivity index (χ1v) is 11.6. The Hall–Kier alpha value is -2.73. The second-order valence-corrected chi connectivity index (χ2v) is 9.26. The number of carbonyl (C=O) groups is 2. The lowest BCUT2D eigenvalue weighted by Gasteiger charge is -2.32. The summed E-state index contributed by atoms with van der Waals surface area (Å²) in [6, 6.07) is 15.5. The Kier molecular flexibility index (Phi) is 6.66. The smallest absolute Gasteiger partial charge is 0.265 e. The van der Waals surface area contributed by atoms with Crippen molar-refractivity contribution < 1.29 is 14.3 Å². The van der Waals surface area contributed by atoms with Gasteiger partial charge in [0.05, 0.1) is 17.7 Å². The van der Waals surface area contributed by atoms with E-state index in [1.54, 1.807) is 12.0 Å². The van der Waals surface area contributed by atoms with Crippen molar-refractivity contribution in [3.05, 3.63) is 59.0 Å². The second kappa shape index (κ2) is 9.60. The third-order valence-corrected chi connectivity index (χ3v) is 7.08. The number of nitrogens with zero attached hydrogens (tertiary/aromatic N) is 1. The summed E-state index contributed by atoms with van der Waals surface area (Å²) in [5.74, 6) is 0.998. The molecule has 1 aliphatic carbocycles. The van der Waals surface area contributed by atoms with Gasteiger partial charge in [0.25, 0.3) is 5.91 Å². The number of fused-ring (bicyclic) bond motifs is 1. The minimum absolute atomic E-state index is 0.0274. The molecule has 0 unspecified atom stereocenters. The number of amides is 2. The van der Waals surface area contributed by atoms with E-state index in [2.05, 4.69) is 12.2 Å². The van der Waals surface area contributed by atoms with E-state index in [9.17, 15) is 9.59 Å². The van der Waals surface area contributed by atoms with Gasteiger partial charge in [-0.1, -0.05) is 55.8 Å². The predicted octanol–water partition coefficient (Wildman–Crippen LogP) is 4.87. The van der Waals surface area contributed by atoms with E-state index < -0.39 is 0 Å². The predicted molar refractivity (Wildman–Crippen MR) is 125 cm³/mol. The van der Waals surface area contributed by atoms with Crippen LogP contribution in [0, 0.1) is 5.92 Å². The van der Waals surface area contributed by atoms with Crippen LogP contribution >= 0.6 is 11.8 Å². The number of hydrogen-bond donors (Lipinski definition) is 1. The Labute approximate surface area is 187 Å². The van der Waals surface area contributed by atoms with Crippen LogP contribution in [0.1, 0.15) is 38.2 Å². The number of para-hydroxylation sites is 1. The maximum atomic E-state index is 13.3. The summed E-state index contributed by atoms with van der Waals surface area (Å²) in [7, 11) is 1.63. The van der Waals surface area contributed by atoms with Crippen LogP contribution in [0.2, 0.25) is 0 Å². The van der Waals surface area contributed by atoms with Crippen LogP contribution in [-0.4, -0.2) is 31.5 Å². The lowest BCUT2D eigenvalue weighted by atomic mass is 9.86. The van der Waals surface area contributed by atoms with Crippen molar-refractivity contribution in [2.45, 2.75) is 43.5 Å². The molecule has 2 aromatic rings. The van der Waals surface area contributed by atoms with Crippen molar-refractivity contribution >= 4 is 35.3 Å². The minimum Gasteiger partial charge on any atom is -0.497 e. The molecule has 0 radical (unpaired) electrons. The van der Waals surface area contributed by atoms with E-state index in [1.807, 2.05) is 54.6 Å². The highest BCUT2D eigenvalue weighted by Gasteiger charge is 2.31. The molecule has 162 valence electrons. The molecule has 0 saturated heterocycles. The maximum Gasteiger partial charge on any atom is 0.265 e. The molecular weight excluding hydrogens is 408 g/mol. The monoisotopic (exact) mass is 436 g/mol. The summed E-state index contributed by atoms with van der Waals surface area (Å²) >= 11 is 1.44. The standard InChI is InChI=1S/C25H28N2O3S/c1-17-7-3-4-8-20(17)26-24(28)16-27-21-9-5-6-10-22(21)31-23(25(27)29)15-18-11-13-19(30-2)14-12-18/h5-6,9-15,17,20H,3-4,7-8,16H2,1-2H3,(H,26,28)/b23-15-/t17-,20+/m0/s1. The van der Waals surface area contributed by atoms with Crippen molar-refractivity contribution in [1.82, 2.24) is 5.32 Å². The first-order chi connectivity index (χ1) is 15.0. The van der Waals surface area contributed by atoms with Crippen molar-refractivity contribution in [2.24, 2.45) is 5.92 Å². The molecule has 0 spiro atoms. The van der Waals surface area contributed by atoms with Crippen molar-refractivity contribution in [1.29, 1.82) is 0 Å². The summed E-state index contributed by atoms with van der Waals surface area (Å²) < 4.78 is 5.21. The third kappa shape index (κ3) is 4.96. The maximum absolute atomic E-state index is 13.3. The molecular formula is C25H28N2O3S. The fourth-order valence-electron chi connectivity index (χ4n) is 4.20. The van der Waals surface area contributed by atoms with Crippen LogP contribution < -0.4 is 15.0 Å². The number of anilines is 1. The van der Waals surface area contributed by atoms with E-state index in [0.717, 1.165) is 41.2 Å². The molecule has 1 fully saturated rings. The quantitative estimate of drug-likeness (QED) is 0.680. The Morgan fingerprint density at radius 1 is 1.16 bits per heavy atom. The number of rotatable bonds is 5. The Morgan fingerprint density at radius 2 is 1.90 bits per heavy atom. The molecule has 0 bridgehead atoms. The Balaban J connectivity index is 1.56. The highest BCUT2D eigenvalue weighted by molar-refractivity contribution is 8.04. The molecule has 2 amide bonds. The van der Waals surface area contributed by atoms with Gasteiger partial charge in [-0.2, -0.15) is 0 Å². The van der Waals surface area contributed by atoms with Gasteiger partial charge < -0.3 is 10.1 Å². The van der Waals surface area contributed by atoms with Crippen molar-refractivity contribution in [2.75, 3.05) is 18.6 Å². The number of thioether (sulfide) groups is 1. The minimum atomic E-state index is -0.147. The molecule has 1 heterocycles. The van der Waals surface area contributed by atoms with Crippen LogP contribution in [0.4, 0.5) is 5.69 Å². The van der Waals surface area contributed by atoms with Crippen LogP contribution in [0.15, 0.2) is 58.3 Å². The van der Waals surface area contributed by atoms with Crippen LogP contribution in [0.25, 0.3) is 6.08 Å². The first kappa shape index (κ1) is 21.5. The molecule has 2 aromatic carbocycles. The van der Waals surface area contributed by atoms with Gasteiger partial charge in [0.15, 0.2) is 0 Å². The van der Waals surface area contributed by atoms with E-state index in [4.69, 9.17) is 4.74 Å². The average Bonchev–Trinajstić information content (AvgIpc) is 2.78. The topological polar surface area (TPSA) is 58.6 Å². The fraction of sp³-hybridized carbons (Fsp3) is 0.360. The Bertz CT molecular complexity index is 987. The zero-order chi connectivity index (χ0) is 21.8. The van der Waals surface area contributed by atoms with Crippen molar-refractivity contribution in [3.63, 3.8) is 0 Å². The number of benzene rings is 2. The van der Waals surface area contributed by atoms with Crippen LogP contribution in [0.3, 0.4) is 0 Å². The summed E-state index contributed by atoms with van der Waals surface area (Å²) in [6.07, 6.45) is 6.39. The molecule has 1 saturated carbocycles. The Morgan fingerprint density at radius 3 is 2.65 bits per heavy atom. The zero-order valence-corrected chi connectivity index (χ0v) is 18.8. The SMILES string of the molecule is COc1ccc(/C=C2\Sc3ccccc3N(CC(=O)N[C@@H]3CCCC[C@@H]3C)C2=O)cc1. The summed E-state index contributed by atoms with van der Waals surface area (Å²) in [5, 5.41) is 3.17. The molecule has 1 aliphatic heterocycles. The fourth-order valence-corrected chi connectivity index (χ4v) is 5.26. The number of hydrogen-bond acceptors (Lipinski definition) is 4. The van der Waals surface area contributed by atoms with E-state index >= 15 is 0 Å². The molecule has 0 aromatic heterocycles. The first-order valence-electron chi connectivity index (χ1n) is 10.8. The van der Waals surface area contributed by atoms with E-state index in [0.29, 0.717) is 10.8 Å². The van der Waals surface area contributed by atoms with Gasteiger partial charge in [-0.05, 0) is 54.7 Å². The van der Waals surface area contributed by atoms with Gasteiger partial charge in [-0.3, -0.25) is 14.5 Å². The zero-order valence-electron chi connectivity index (χ0n) is 18.0. The highest BCUT2D eigenvalue weighted by atomic mass is 32.2. The van der Waals surface area contributed by atoms with Gasteiger partial charge in [-0.25, -0.2) is 0 Å². The van der Waals surface area contributed by atoms with Crippen molar-refractivity contribution in [3.8, 4) is 5.75 Å². The molecule has 5 nitrogen and oxygen atoms in total. The molecule has 2 atom stereocenters. The average molecular weight is 437 g/mol. The van der Waals surface area contributed by atoms with Gasteiger partial charge in [0.2, 0.25) is 5.91 Å². The number of methoxy groups -OCH3 is 1.